The molecule has 2 N–H and O–H groups in total. The summed E-state index contributed by atoms with van der Waals surface area (Å²) >= 11 is 0. The number of hydrogen-bond donors (Lipinski definition) is 2. The van der Waals surface area contributed by atoms with Crippen molar-refractivity contribution in [1.82, 2.24) is 5.32 Å². The SMILES string of the molecule is CCOc1cc(C)ccc1NC(=O)CC1CCCN1. The molecule has 0 radical (unpaired) electrons. The van der Waals surface area contributed by atoms with Gasteiger partial charge in [-0.3, -0.25) is 4.79 Å². The summed E-state index contributed by atoms with van der Waals surface area (Å²) in [5.74, 6) is 0.791. The van der Waals surface area contributed by atoms with Gasteiger partial charge in [0.15, 0.2) is 0 Å². The minimum absolute atomic E-state index is 0.0456. The standard InChI is InChI=1S/C15H22N2O2/c1-3-19-14-9-11(2)6-7-13(14)17-15(18)10-12-5-4-8-16-12/h6-7,9,12,16H,3-5,8,10H2,1-2H3,(H,17,18). The largest absolute Gasteiger partial charge is 0.492 e. The van der Waals surface area contributed by atoms with Gasteiger partial charge < -0.3 is 15.4 Å². The number of nitrogens with one attached hydrogen (secondary N) is 2. The molecule has 1 amide bonds. The molecule has 4 nitrogen and oxygen atoms in total. The molecule has 1 aliphatic heterocycles. The molecular weight excluding hydrogens is 240 g/mol. The predicted molar refractivity (Wildman–Crippen MR) is 76.6 cm³/mol. The van der Waals surface area contributed by atoms with E-state index in [1.165, 1.54) is 0 Å². The molecule has 0 aliphatic carbocycles. The zero-order chi connectivity index (χ0) is 13.7. The number of carbonyl (C=O) groups excluding carboxylic acids is 1. The van der Waals surface area contributed by atoms with Gasteiger partial charge in [-0.1, -0.05) is 6.07 Å². The van der Waals surface area contributed by atoms with Crippen molar-refractivity contribution < 1.29 is 9.53 Å². The molecule has 1 heterocycles. The summed E-state index contributed by atoms with van der Waals surface area (Å²) < 4.78 is 5.56. The maximum Gasteiger partial charge on any atom is 0.226 e. The van der Waals surface area contributed by atoms with Crippen LogP contribution in [0, 0.1) is 6.92 Å². The van der Waals surface area contributed by atoms with Crippen molar-refractivity contribution >= 4 is 11.6 Å². The summed E-state index contributed by atoms with van der Waals surface area (Å²) in [5, 5.41) is 6.28. The first-order valence-corrected chi connectivity index (χ1v) is 6.95. The number of hydrogen-bond acceptors (Lipinski definition) is 3. The normalized spacial score (nSPS) is 18.3. The van der Waals surface area contributed by atoms with Crippen LogP contribution in [0.3, 0.4) is 0 Å². The third kappa shape index (κ3) is 3.96. The number of carbonyl (C=O) groups is 1. The molecule has 0 spiro atoms. The van der Waals surface area contributed by atoms with E-state index >= 15 is 0 Å². The minimum Gasteiger partial charge on any atom is -0.492 e. The lowest BCUT2D eigenvalue weighted by Gasteiger charge is -2.14. The summed E-state index contributed by atoms with van der Waals surface area (Å²) in [5.41, 5.74) is 1.88. The zero-order valence-electron chi connectivity index (χ0n) is 11.7. The van der Waals surface area contributed by atoms with Crippen molar-refractivity contribution in [2.24, 2.45) is 0 Å². The Labute approximate surface area is 114 Å². The molecule has 1 unspecified atom stereocenters. The van der Waals surface area contributed by atoms with Crippen LogP contribution in [-0.4, -0.2) is 25.1 Å². The van der Waals surface area contributed by atoms with E-state index in [-0.39, 0.29) is 5.91 Å². The van der Waals surface area contributed by atoms with Gasteiger partial charge in [-0.25, -0.2) is 0 Å². The molecule has 19 heavy (non-hydrogen) atoms. The van der Waals surface area contributed by atoms with Crippen LogP contribution >= 0.6 is 0 Å². The number of aryl methyl sites for hydroxylation is 1. The number of amides is 1. The molecule has 0 saturated carbocycles. The van der Waals surface area contributed by atoms with Gasteiger partial charge in [-0.2, -0.15) is 0 Å². The Morgan fingerprint density at radius 3 is 3.05 bits per heavy atom. The van der Waals surface area contributed by atoms with E-state index in [0.29, 0.717) is 19.1 Å². The maximum absolute atomic E-state index is 12.0. The predicted octanol–water partition coefficient (Wildman–Crippen LogP) is 2.47. The van der Waals surface area contributed by atoms with Gasteiger partial charge in [0.1, 0.15) is 5.75 Å². The lowest BCUT2D eigenvalue weighted by atomic mass is 10.1. The molecule has 0 aromatic heterocycles. The average molecular weight is 262 g/mol. The zero-order valence-corrected chi connectivity index (χ0v) is 11.7. The van der Waals surface area contributed by atoms with Crippen molar-refractivity contribution in [3.05, 3.63) is 23.8 Å². The highest BCUT2D eigenvalue weighted by molar-refractivity contribution is 5.92. The average Bonchev–Trinajstić information content (AvgIpc) is 2.86. The number of rotatable bonds is 5. The van der Waals surface area contributed by atoms with Crippen molar-refractivity contribution in [1.29, 1.82) is 0 Å². The smallest absolute Gasteiger partial charge is 0.226 e. The first-order chi connectivity index (χ1) is 9.19. The first kappa shape index (κ1) is 13.9. The second-order valence-corrected chi connectivity index (χ2v) is 4.98. The second-order valence-electron chi connectivity index (χ2n) is 4.98. The lowest BCUT2D eigenvalue weighted by molar-refractivity contribution is -0.116. The Morgan fingerprint density at radius 2 is 2.37 bits per heavy atom. The van der Waals surface area contributed by atoms with Crippen LogP contribution in [-0.2, 0) is 4.79 Å². The Kier molecular flexibility index (Phi) is 4.80. The van der Waals surface area contributed by atoms with E-state index in [2.05, 4.69) is 10.6 Å². The van der Waals surface area contributed by atoms with Gasteiger partial charge in [0.05, 0.1) is 12.3 Å². The molecule has 1 aromatic rings. The van der Waals surface area contributed by atoms with Gasteiger partial charge in [-0.15, -0.1) is 0 Å². The van der Waals surface area contributed by atoms with E-state index in [1.807, 2.05) is 32.0 Å². The van der Waals surface area contributed by atoms with E-state index in [0.717, 1.165) is 36.4 Å². The Bertz CT molecular complexity index is 440. The summed E-state index contributed by atoms with van der Waals surface area (Å²) in [7, 11) is 0. The molecule has 1 aromatic carbocycles. The Balaban J connectivity index is 1.98. The van der Waals surface area contributed by atoms with Crippen molar-refractivity contribution in [2.75, 3.05) is 18.5 Å². The molecule has 1 atom stereocenters. The monoisotopic (exact) mass is 262 g/mol. The molecule has 4 heteroatoms. The summed E-state index contributed by atoms with van der Waals surface area (Å²) in [6, 6.07) is 6.15. The highest BCUT2D eigenvalue weighted by Crippen LogP contribution is 2.26. The minimum atomic E-state index is 0.0456. The van der Waals surface area contributed by atoms with Gasteiger partial charge in [0, 0.05) is 12.5 Å². The topological polar surface area (TPSA) is 50.4 Å². The molecule has 2 rings (SSSR count). The highest BCUT2D eigenvalue weighted by Gasteiger charge is 2.18. The quantitative estimate of drug-likeness (QED) is 0.857. The van der Waals surface area contributed by atoms with Crippen molar-refractivity contribution in [3.63, 3.8) is 0 Å². The van der Waals surface area contributed by atoms with Crippen LogP contribution in [0.4, 0.5) is 5.69 Å². The summed E-state index contributed by atoms with van der Waals surface area (Å²) in [6.07, 6.45) is 2.77. The molecule has 1 saturated heterocycles. The fourth-order valence-electron chi connectivity index (χ4n) is 2.36. The van der Waals surface area contributed by atoms with Crippen LogP contribution in [0.2, 0.25) is 0 Å². The number of benzene rings is 1. The van der Waals surface area contributed by atoms with Crippen LogP contribution in [0.5, 0.6) is 5.75 Å². The van der Waals surface area contributed by atoms with Crippen LogP contribution in [0.15, 0.2) is 18.2 Å². The fourth-order valence-corrected chi connectivity index (χ4v) is 2.36. The second kappa shape index (κ2) is 6.57. The van der Waals surface area contributed by atoms with Crippen LogP contribution < -0.4 is 15.4 Å². The molecule has 1 fully saturated rings. The third-order valence-electron chi connectivity index (χ3n) is 3.31. The van der Waals surface area contributed by atoms with E-state index in [9.17, 15) is 4.79 Å². The van der Waals surface area contributed by atoms with E-state index < -0.39 is 0 Å². The van der Waals surface area contributed by atoms with Gasteiger partial charge in [-0.05, 0) is 50.9 Å². The fraction of sp³-hybridized carbons (Fsp3) is 0.533. The molecule has 104 valence electrons. The summed E-state index contributed by atoms with van der Waals surface area (Å²) in [6.45, 7) is 5.57. The molecular formula is C15H22N2O2. The van der Waals surface area contributed by atoms with Crippen LogP contribution in [0.1, 0.15) is 31.7 Å². The lowest BCUT2D eigenvalue weighted by Crippen LogP contribution is -2.27. The Morgan fingerprint density at radius 1 is 1.53 bits per heavy atom. The van der Waals surface area contributed by atoms with E-state index in [4.69, 9.17) is 4.74 Å². The Hall–Kier alpha value is -1.55. The van der Waals surface area contributed by atoms with E-state index in [1.54, 1.807) is 0 Å². The first-order valence-electron chi connectivity index (χ1n) is 6.95. The van der Waals surface area contributed by atoms with Gasteiger partial charge in [0.2, 0.25) is 5.91 Å². The highest BCUT2D eigenvalue weighted by atomic mass is 16.5. The van der Waals surface area contributed by atoms with Crippen molar-refractivity contribution in [3.8, 4) is 5.75 Å². The van der Waals surface area contributed by atoms with Crippen molar-refractivity contribution in [2.45, 2.75) is 39.2 Å². The maximum atomic E-state index is 12.0. The number of ether oxygens (including phenoxy) is 1. The van der Waals surface area contributed by atoms with Crippen LogP contribution in [0.25, 0.3) is 0 Å². The molecule has 1 aliphatic rings. The molecule has 0 bridgehead atoms. The van der Waals surface area contributed by atoms with Gasteiger partial charge in [0.25, 0.3) is 0 Å². The van der Waals surface area contributed by atoms with Gasteiger partial charge >= 0.3 is 0 Å². The summed E-state index contributed by atoms with van der Waals surface area (Å²) in [4.78, 5) is 12.0. The number of anilines is 1. The third-order valence-corrected chi connectivity index (χ3v) is 3.31.